The van der Waals surface area contributed by atoms with Gasteiger partial charge >= 0.3 is 0 Å². The minimum absolute atomic E-state index is 0.0481. The van der Waals surface area contributed by atoms with Crippen LogP contribution in [-0.4, -0.2) is 16.9 Å². The molecule has 0 atom stereocenters. The molecule has 0 unspecified atom stereocenters. The van der Waals surface area contributed by atoms with Crippen molar-refractivity contribution in [2.75, 3.05) is 0 Å². The topological polar surface area (TPSA) is 42.0 Å². The molecule has 0 saturated heterocycles. The zero-order chi connectivity index (χ0) is 17.3. The number of para-hydroxylation sites is 1. The van der Waals surface area contributed by atoms with Gasteiger partial charge in [0.15, 0.2) is 0 Å². The Morgan fingerprint density at radius 2 is 1.83 bits per heavy atom. The number of aromatic nitrogens is 1. The maximum absolute atomic E-state index is 12.6. The Labute approximate surface area is 150 Å². The number of fused-ring (bicyclic) bond motifs is 1. The molecule has 0 radical (unpaired) electrons. The number of hydrogen-bond acceptors (Lipinski definition) is 2. The zero-order valence-corrected chi connectivity index (χ0v) is 14.8. The summed E-state index contributed by atoms with van der Waals surface area (Å²) in [6.07, 6.45) is 0. The van der Waals surface area contributed by atoms with Crippen molar-refractivity contribution in [3.63, 3.8) is 0 Å². The minimum Gasteiger partial charge on any atom is -0.350 e. The van der Waals surface area contributed by atoms with Crippen LogP contribution in [0, 0.1) is 0 Å². The number of nitrogens with zero attached hydrogens (tertiary/aromatic N) is 1. The first-order valence-corrected chi connectivity index (χ1v) is 8.37. The van der Waals surface area contributed by atoms with Gasteiger partial charge in [-0.1, -0.05) is 41.4 Å². The smallest absolute Gasteiger partial charge is 0.252 e. The number of benzene rings is 2. The van der Waals surface area contributed by atoms with E-state index in [4.69, 9.17) is 23.2 Å². The largest absolute Gasteiger partial charge is 0.350 e. The fraction of sp³-hybridized carbons (Fsp3) is 0.158. The second-order valence-corrected chi connectivity index (χ2v) is 6.67. The van der Waals surface area contributed by atoms with Crippen LogP contribution in [0.15, 0.2) is 48.5 Å². The fourth-order valence-electron chi connectivity index (χ4n) is 2.54. The van der Waals surface area contributed by atoms with Gasteiger partial charge in [-0.05, 0) is 44.2 Å². The van der Waals surface area contributed by atoms with Gasteiger partial charge in [0.25, 0.3) is 5.91 Å². The van der Waals surface area contributed by atoms with Gasteiger partial charge in [0.05, 0.1) is 21.8 Å². The van der Waals surface area contributed by atoms with Crippen LogP contribution in [0.25, 0.3) is 22.2 Å². The number of hydrogen-bond donors (Lipinski definition) is 1. The van der Waals surface area contributed by atoms with E-state index in [1.165, 1.54) is 0 Å². The standard InChI is InChI=1S/C19H16Cl2N2O/c1-11(2)22-19(24)15-10-18(14-8-7-12(20)9-16(14)21)23-17-6-4-3-5-13(15)17/h3-11H,1-2H3,(H,22,24). The van der Waals surface area contributed by atoms with Gasteiger partial charge in [-0.2, -0.15) is 0 Å². The third-order valence-corrected chi connectivity index (χ3v) is 4.14. The third kappa shape index (κ3) is 3.37. The highest BCUT2D eigenvalue weighted by molar-refractivity contribution is 6.36. The van der Waals surface area contributed by atoms with E-state index in [9.17, 15) is 4.79 Å². The van der Waals surface area contributed by atoms with Crippen molar-refractivity contribution in [3.05, 3.63) is 64.1 Å². The molecule has 1 aromatic heterocycles. The summed E-state index contributed by atoms with van der Waals surface area (Å²) >= 11 is 12.3. The molecule has 1 N–H and O–H groups in total. The second-order valence-electron chi connectivity index (χ2n) is 5.82. The van der Waals surface area contributed by atoms with E-state index < -0.39 is 0 Å². The van der Waals surface area contributed by atoms with E-state index in [1.54, 1.807) is 18.2 Å². The lowest BCUT2D eigenvalue weighted by Gasteiger charge is -2.13. The number of amides is 1. The van der Waals surface area contributed by atoms with Gasteiger partial charge in [-0.15, -0.1) is 0 Å². The van der Waals surface area contributed by atoms with Crippen LogP contribution in [-0.2, 0) is 0 Å². The minimum atomic E-state index is -0.130. The Balaban J connectivity index is 2.21. The number of carbonyl (C=O) groups excluding carboxylic acids is 1. The van der Waals surface area contributed by atoms with Crippen molar-refractivity contribution in [1.29, 1.82) is 0 Å². The molecule has 3 nitrogen and oxygen atoms in total. The summed E-state index contributed by atoms with van der Waals surface area (Å²) < 4.78 is 0. The number of rotatable bonds is 3. The summed E-state index contributed by atoms with van der Waals surface area (Å²) in [7, 11) is 0. The number of nitrogens with one attached hydrogen (secondary N) is 1. The molecule has 0 spiro atoms. The molecule has 0 saturated carbocycles. The highest BCUT2D eigenvalue weighted by atomic mass is 35.5. The molecule has 0 aliphatic carbocycles. The lowest BCUT2D eigenvalue weighted by Crippen LogP contribution is -2.30. The van der Waals surface area contributed by atoms with Crippen molar-refractivity contribution in [1.82, 2.24) is 10.3 Å². The molecule has 1 amide bonds. The SMILES string of the molecule is CC(C)NC(=O)c1cc(-c2ccc(Cl)cc2Cl)nc2ccccc12. The predicted molar refractivity (Wildman–Crippen MR) is 99.8 cm³/mol. The Morgan fingerprint density at radius 1 is 1.08 bits per heavy atom. The van der Waals surface area contributed by atoms with Crippen LogP contribution >= 0.6 is 23.2 Å². The molecule has 0 fully saturated rings. The molecule has 0 aliphatic heterocycles. The van der Waals surface area contributed by atoms with E-state index in [1.807, 2.05) is 44.2 Å². The van der Waals surface area contributed by atoms with Gasteiger partial charge in [0, 0.05) is 22.0 Å². The lowest BCUT2D eigenvalue weighted by molar-refractivity contribution is 0.0945. The maximum Gasteiger partial charge on any atom is 0.252 e. The number of carbonyl (C=O) groups is 1. The average molecular weight is 359 g/mol. The number of pyridine rings is 1. The van der Waals surface area contributed by atoms with Gasteiger partial charge in [-0.3, -0.25) is 4.79 Å². The van der Waals surface area contributed by atoms with Crippen LogP contribution in [0.5, 0.6) is 0 Å². The van der Waals surface area contributed by atoms with Crippen LogP contribution < -0.4 is 5.32 Å². The molecule has 3 aromatic rings. The summed E-state index contributed by atoms with van der Waals surface area (Å²) in [4.78, 5) is 17.2. The first-order chi connectivity index (χ1) is 11.5. The van der Waals surface area contributed by atoms with Gasteiger partial charge in [0.1, 0.15) is 0 Å². The van der Waals surface area contributed by atoms with E-state index >= 15 is 0 Å². The molecule has 122 valence electrons. The molecule has 0 bridgehead atoms. The number of halogens is 2. The third-order valence-electron chi connectivity index (χ3n) is 3.59. The van der Waals surface area contributed by atoms with Crippen LogP contribution in [0.1, 0.15) is 24.2 Å². The van der Waals surface area contributed by atoms with Crippen LogP contribution in [0.4, 0.5) is 0 Å². The fourth-order valence-corrected chi connectivity index (χ4v) is 3.04. The highest BCUT2D eigenvalue weighted by Gasteiger charge is 2.15. The average Bonchev–Trinajstić information content (AvgIpc) is 2.53. The summed E-state index contributed by atoms with van der Waals surface area (Å²) in [5.41, 5.74) is 2.71. The Bertz CT molecular complexity index is 922. The molecule has 1 heterocycles. The monoisotopic (exact) mass is 358 g/mol. The molecular formula is C19H16Cl2N2O. The molecule has 0 aliphatic rings. The summed E-state index contributed by atoms with van der Waals surface area (Å²) in [6, 6.07) is 14.6. The Hall–Kier alpha value is -2.10. The van der Waals surface area contributed by atoms with Crippen molar-refractivity contribution in [3.8, 4) is 11.3 Å². The molecular weight excluding hydrogens is 343 g/mol. The van der Waals surface area contributed by atoms with E-state index in [-0.39, 0.29) is 11.9 Å². The van der Waals surface area contributed by atoms with Crippen molar-refractivity contribution in [2.24, 2.45) is 0 Å². The van der Waals surface area contributed by atoms with Crippen LogP contribution in [0.2, 0.25) is 10.0 Å². The van der Waals surface area contributed by atoms with Gasteiger partial charge < -0.3 is 5.32 Å². The molecule has 3 rings (SSSR count). The van der Waals surface area contributed by atoms with Crippen LogP contribution in [0.3, 0.4) is 0 Å². The second kappa shape index (κ2) is 6.80. The Kier molecular flexibility index (Phi) is 4.74. The molecule has 24 heavy (non-hydrogen) atoms. The van der Waals surface area contributed by atoms with E-state index in [2.05, 4.69) is 10.3 Å². The van der Waals surface area contributed by atoms with Crippen molar-refractivity contribution >= 4 is 40.0 Å². The lowest BCUT2D eigenvalue weighted by atomic mass is 10.0. The maximum atomic E-state index is 12.6. The van der Waals surface area contributed by atoms with Crippen molar-refractivity contribution < 1.29 is 4.79 Å². The first kappa shape index (κ1) is 16.7. The quantitative estimate of drug-likeness (QED) is 0.685. The van der Waals surface area contributed by atoms with E-state index in [0.29, 0.717) is 21.3 Å². The normalized spacial score (nSPS) is 11.0. The highest BCUT2D eigenvalue weighted by Crippen LogP contribution is 2.31. The summed E-state index contributed by atoms with van der Waals surface area (Å²) in [5, 5.41) is 4.80. The summed E-state index contributed by atoms with van der Waals surface area (Å²) in [6.45, 7) is 3.86. The van der Waals surface area contributed by atoms with Gasteiger partial charge in [0.2, 0.25) is 0 Å². The molecule has 2 aromatic carbocycles. The zero-order valence-electron chi connectivity index (χ0n) is 13.3. The van der Waals surface area contributed by atoms with E-state index in [0.717, 1.165) is 16.5 Å². The van der Waals surface area contributed by atoms with Gasteiger partial charge in [-0.25, -0.2) is 4.98 Å². The van der Waals surface area contributed by atoms with Crippen molar-refractivity contribution in [2.45, 2.75) is 19.9 Å². The summed E-state index contributed by atoms with van der Waals surface area (Å²) in [5.74, 6) is -0.130. The predicted octanol–water partition coefficient (Wildman–Crippen LogP) is 5.35. The first-order valence-electron chi connectivity index (χ1n) is 7.62. The Morgan fingerprint density at radius 3 is 2.54 bits per heavy atom. The molecule has 5 heteroatoms.